The van der Waals surface area contributed by atoms with Crippen LogP contribution in [0.25, 0.3) is 11.4 Å². The molecule has 5 atom stereocenters. The molecule has 5 heterocycles. The Balaban J connectivity index is 0.000000324. The molecule has 0 bridgehead atoms. The number of hydrogen-bond donors (Lipinski definition) is 3. The quantitative estimate of drug-likeness (QED) is 0.147. The summed E-state index contributed by atoms with van der Waals surface area (Å²) in [4.78, 5) is 48.5. The van der Waals surface area contributed by atoms with Crippen molar-refractivity contribution < 1.29 is 24.0 Å². The summed E-state index contributed by atoms with van der Waals surface area (Å²) in [5.41, 5.74) is 7.55. The van der Waals surface area contributed by atoms with Crippen molar-refractivity contribution in [2.45, 2.75) is 155 Å². The van der Waals surface area contributed by atoms with Crippen LogP contribution in [0.2, 0.25) is 0 Å². The number of aryl methyl sites for hydroxylation is 1. The molecule has 2 amide bonds. The number of carbonyl (C=O) groups is 3. The average molecular weight is 1100 g/mol. The second kappa shape index (κ2) is 33.5. The maximum Gasteiger partial charge on any atom is 0.306 e. The summed E-state index contributed by atoms with van der Waals surface area (Å²) in [6.45, 7) is 21.3. The molecule has 18 heteroatoms. The summed E-state index contributed by atoms with van der Waals surface area (Å²) >= 11 is 0. The monoisotopic (exact) mass is 1100 g/mol. The maximum atomic E-state index is 12.6. The molecule has 5 saturated carbocycles. The topological polar surface area (TPSA) is 161 Å². The van der Waals surface area contributed by atoms with Crippen LogP contribution in [-0.4, -0.2) is 137 Å². The third kappa shape index (κ3) is 22.9. The number of carbonyl (C=O) groups excluding carboxylic acids is 2. The zero-order chi connectivity index (χ0) is 47.3. The van der Waals surface area contributed by atoms with E-state index in [9.17, 15) is 14.4 Å². The van der Waals surface area contributed by atoms with Gasteiger partial charge in [-0.2, -0.15) is 72.5 Å². The molecule has 0 spiro atoms. The first-order valence-electron chi connectivity index (χ1n) is 27.1. The Morgan fingerprint density at radius 1 is 0.611 bits per heavy atom. The second-order valence-electron chi connectivity index (χ2n) is 22.1. The van der Waals surface area contributed by atoms with Gasteiger partial charge in [0.2, 0.25) is 17.6 Å². The lowest BCUT2D eigenvalue weighted by molar-refractivity contribution is -0.141. The van der Waals surface area contributed by atoms with Crippen LogP contribution in [0.1, 0.15) is 153 Å². The number of hydrogen-bond acceptors (Lipinski definition) is 10. The predicted molar refractivity (Wildman–Crippen MR) is 317 cm³/mol. The SMILES string of the molecule is C[C@H](C(=O)N1CCCC1)C1CC1.C[C@H](C(=O)O)C1CC1.C[C@H](CN1CCCC1)C1CC1.Cc1nc(-c2ccc(C(=O)N[C@H](CN3CCCC3)C3CC3)cc2)no1.N[C@H](CN1CCCC1)C1CC1.S.S.S.S.S. The number of aromatic nitrogens is 2. The predicted octanol–water partition coefficient (Wildman–Crippen LogP) is 8.93. The number of benzene rings is 1. The molecule has 4 saturated heterocycles. The van der Waals surface area contributed by atoms with Gasteiger partial charge in [0, 0.05) is 68.8 Å². The molecule has 11 rings (SSSR count). The molecule has 1 aromatic carbocycles. The first-order valence-corrected chi connectivity index (χ1v) is 27.1. The summed E-state index contributed by atoms with van der Waals surface area (Å²) < 4.78 is 5.00. The van der Waals surface area contributed by atoms with E-state index in [0.717, 1.165) is 81.3 Å². The molecule has 0 radical (unpaired) electrons. The zero-order valence-electron chi connectivity index (χ0n) is 44.4. The fraction of sp³-hybridized carbons (Fsp3) is 0.796. The minimum Gasteiger partial charge on any atom is -0.481 e. The van der Waals surface area contributed by atoms with Crippen LogP contribution in [-0.2, 0) is 9.59 Å². The Labute approximate surface area is 469 Å². The van der Waals surface area contributed by atoms with E-state index >= 15 is 0 Å². The molecular weight excluding hydrogens is 1000 g/mol. The number of rotatable bonds is 16. The summed E-state index contributed by atoms with van der Waals surface area (Å²) in [6.07, 6.45) is 23.7. The normalized spacial score (nSPS) is 22.4. The third-order valence-corrected chi connectivity index (χ3v) is 16.0. The fourth-order valence-electron chi connectivity index (χ4n) is 10.4. The number of carboxylic acids is 1. The lowest BCUT2D eigenvalue weighted by Crippen LogP contribution is -2.44. The van der Waals surface area contributed by atoms with Crippen molar-refractivity contribution in [2.24, 2.45) is 53.1 Å². The molecule has 9 fully saturated rings. The highest BCUT2D eigenvalue weighted by atomic mass is 32.1. The van der Waals surface area contributed by atoms with Crippen molar-refractivity contribution in [1.29, 1.82) is 0 Å². The molecule has 4 N–H and O–H groups in total. The van der Waals surface area contributed by atoms with Crippen molar-refractivity contribution in [3.05, 3.63) is 35.7 Å². The number of amides is 2. The van der Waals surface area contributed by atoms with Crippen LogP contribution >= 0.6 is 67.5 Å². The van der Waals surface area contributed by atoms with Gasteiger partial charge in [-0.1, -0.05) is 38.1 Å². The van der Waals surface area contributed by atoms with Crippen LogP contribution in [0.4, 0.5) is 0 Å². The number of nitrogens with one attached hydrogen (secondary N) is 1. The molecular formula is C54H98N8O5S5. The van der Waals surface area contributed by atoms with Crippen LogP contribution in [0.3, 0.4) is 0 Å². The van der Waals surface area contributed by atoms with E-state index in [1.54, 1.807) is 13.8 Å². The van der Waals surface area contributed by atoms with Gasteiger partial charge in [-0.15, -0.1) is 0 Å². The fourth-order valence-corrected chi connectivity index (χ4v) is 10.4. The van der Waals surface area contributed by atoms with Gasteiger partial charge in [0.15, 0.2) is 0 Å². The van der Waals surface area contributed by atoms with Gasteiger partial charge in [-0.25, -0.2) is 0 Å². The standard InChI is InChI=1S/C19H24N4O2.C10H17NO.C10H19N.C9H18N2.C6H10O2.5H2S/c1-13-20-18(22-25-13)15-6-8-16(9-7-15)19(24)21-17(14-4-5-14)12-23-10-2-3-11-23;1-8(9-4-5-9)10(12)11-6-2-3-7-11;1-9(10-4-5-10)8-11-6-2-3-7-11;10-9(8-3-4-8)7-11-5-1-2-6-11;1-4(6(7)8)5-2-3-5;;;;;/h6-9,14,17H,2-5,10-12H2,1H3,(H,21,24);8-9H,2-7H2,1H3;9-10H,2-8H2,1H3;8-9H,1-7,10H2;4-5H,2-3H2,1H3,(H,7,8);5*1H2/t17-;8-;2*9-;4-;;;;;/m10110...../s1. The zero-order valence-corrected chi connectivity index (χ0v) is 49.4. The Morgan fingerprint density at radius 3 is 1.46 bits per heavy atom. The van der Waals surface area contributed by atoms with Crippen molar-refractivity contribution >= 4 is 85.3 Å². The lowest BCUT2D eigenvalue weighted by atomic mass is 10.1. The Morgan fingerprint density at radius 2 is 1.04 bits per heavy atom. The van der Waals surface area contributed by atoms with Crippen molar-refractivity contribution in [3.8, 4) is 11.4 Å². The molecule has 2 aromatic rings. The largest absolute Gasteiger partial charge is 0.481 e. The average Bonchev–Trinajstić information content (AvgIpc) is 4.07. The summed E-state index contributed by atoms with van der Waals surface area (Å²) in [6, 6.07) is 8.14. The second-order valence-corrected chi connectivity index (χ2v) is 22.1. The van der Waals surface area contributed by atoms with Gasteiger partial charge >= 0.3 is 5.97 Å². The van der Waals surface area contributed by atoms with Gasteiger partial charge in [0.05, 0.1) is 5.92 Å². The van der Waals surface area contributed by atoms with Gasteiger partial charge in [0.25, 0.3) is 5.91 Å². The minimum absolute atomic E-state index is 0. The van der Waals surface area contributed by atoms with Crippen molar-refractivity contribution in [2.75, 3.05) is 72.0 Å². The smallest absolute Gasteiger partial charge is 0.306 e. The first-order chi connectivity index (χ1) is 32.4. The number of nitrogens with zero attached hydrogens (tertiary/aromatic N) is 6. The van der Waals surface area contributed by atoms with E-state index in [-0.39, 0.29) is 85.3 Å². The molecule has 0 unspecified atom stereocenters. The third-order valence-electron chi connectivity index (χ3n) is 16.0. The summed E-state index contributed by atoms with van der Waals surface area (Å²) in [5, 5.41) is 15.6. The van der Waals surface area contributed by atoms with Crippen molar-refractivity contribution in [3.63, 3.8) is 0 Å². The Bertz CT molecular complexity index is 1790. The van der Waals surface area contributed by atoms with Crippen LogP contribution in [0, 0.1) is 54.3 Å². The van der Waals surface area contributed by atoms with Crippen LogP contribution in [0.15, 0.2) is 28.8 Å². The molecule has 1 aromatic heterocycles. The number of likely N-dealkylation sites (tertiary alicyclic amines) is 4. The Hall–Kier alpha value is -1.64. The summed E-state index contributed by atoms with van der Waals surface area (Å²) in [5.74, 6) is 5.86. The van der Waals surface area contributed by atoms with Crippen LogP contribution < -0.4 is 11.1 Å². The minimum atomic E-state index is -0.646. The molecule has 72 heavy (non-hydrogen) atoms. The van der Waals surface area contributed by atoms with Gasteiger partial charge < -0.3 is 40.3 Å². The lowest BCUT2D eigenvalue weighted by Gasteiger charge is -2.24. The highest BCUT2D eigenvalue weighted by Gasteiger charge is 2.37. The molecule has 414 valence electrons. The maximum absolute atomic E-state index is 12.6. The molecule has 4 aliphatic heterocycles. The van der Waals surface area contributed by atoms with Gasteiger partial charge in [-0.3, -0.25) is 14.4 Å². The number of nitrogens with two attached hydrogens (primary N) is 1. The first kappa shape index (κ1) is 66.5. The van der Waals surface area contributed by atoms with E-state index < -0.39 is 5.97 Å². The van der Waals surface area contributed by atoms with Gasteiger partial charge in [-0.05, 0) is 202 Å². The molecule has 9 aliphatic rings. The summed E-state index contributed by atoms with van der Waals surface area (Å²) in [7, 11) is 0. The molecule has 5 aliphatic carbocycles. The Kier molecular flexibility index (Phi) is 30.9. The van der Waals surface area contributed by atoms with E-state index in [1.165, 1.54) is 135 Å². The van der Waals surface area contributed by atoms with E-state index in [2.05, 4.69) is 44.0 Å². The van der Waals surface area contributed by atoms with Gasteiger partial charge in [0.1, 0.15) is 0 Å². The highest BCUT2D eigenvalue weighted by molar-refractivity contribution is 7.60. The highest BCUT2D eigenvalue weighted by Crippen LogP contribution is 2.39. The van der Waals surface area contributed by atoms with E-state index in [4.69, 9.17) is 15.4 Å². The number of aliphatic carboxylic acids is 1. The van der Waals surface area contributed by atoms with E-state index in [1.807, 2.05) is 29.2 Å². The van der Waals surface area contributed by atoms with E-state index in [0.29, 0.717) is 47.0 Å². The van der Waals surface area contributed by atoms with Crippen LogP contribution in [0.5, 0.6) is 0 Å². The molecule has 13 nitrogen and oxygen atoms in total. The number of carboxylic acid groups (broad SMARTS) is 1. The van der Waals surface area contributed by atoms with Crippen molar-refractivity contribution in [1.82, 2.24) is 35.1 Å².